The summed E-state index contributed by atoms with van der Waals surface area (Å²) in [5.41, 5.74) is 0.377. The van der Waals surface area contributed by atoms with Crippen molar-refractivity contribution in [1.82, 2.24) is 9.80 Å². The predicted octanol–water partition coefficient (Wildman–Crippen LogP) is 2.65. The second-order valence-electron chi connectivity index (χ2n) is 6.71. The third kappa shape index (κ3) is 3.44. The number of hydrogen-bond acceptors (Lipinski definition) is 4. The standard InChI is InChI=1S/C18H20ClN3O4/c1-11-6-2-5-9-14(11)22-17(25)16(24)21(18(22)26)10-15(23)20-13-8-4-3-7-12(13)19/h3-4,7-8,11,14H,2,5-6,9-10H2,1H3,(H,20,23)/t11-,14+/m1/s1. The molecule has 5 amide bonds. The monoisotopic (exact) mass is 377 g/mol. The van der Waals surface area contributed by atoms with Crippen LogP contribution in [-0.4, -0.2) is 46.1 Å². The number of imide groups is 2. The summed E-state index contributed by atoms with van der Waals surface area (Å²) in [6.07, 6.45) is 3.55. The summed E-state index contributed by atoms with van der Waals surface area (Å²) in [5.74, 6) is -2.26. The fourth-order valence-corrected chi connectivity index (χ4v) is 3.71. The molecule has 2 atom stereocenters. The van der Waals surface area contributed by atoms with E-state index in [1.165, 1.54) is 0 Å². The van der Waals surface area contributed by atoms with Crippen molar-refractivity contribution in [1.29, 1.82) is 0 Å². The summed E-state index contributed by atoms with van der Waals surface area (Å²) < 4.78 is 0. The predicted molar refractivity (Wildman–Crippen MR) is 95.5 cm³/mol. The summed E-state index contributed by atoms with van der Waals surface area (Å²) >= 11 is 5.98. The first-order valence-corrected chi connectivity index (χ1v) is 9.01. The Morgan fingerprint density at radius 2 is 1.85 bits per heavy atom. The molecule has 1 saturated carbocycles. The number of carbonyl (C=O) groups is 4. The first-order valence-electron chi connectivity index (χ1n) is 8.63. The molecule has 1 aromatic carbocycles. The van der Waals surface area contributed by atoms with E-state index in [9.17, 15) is 19.2 Å². The minimum absolute atomic E-state index is 0.140. The molecule has 26 heavy (non-hydrogen) atoms. The maximum absolute atomic E-state index is 12.6. The van der Waals surface area contributed by atoms with Crippen molar-refractivity contribution in [3.05, 3.63) is 29.3 Å². The number of anilines is 1. The molecule has 1 aromatic rings. The molecule has 1 saturated heterocycles. The van der Waals surface area contributed by atoms with Crippen LogP contribution in [0.15, 0.2) is 24.3 Å². The van der Waals surface area contributed by atoms with Crippen LogP contribution in [0, 0.1) is 5.92 Å². The number of benzene rings is 1. The SMILES string of the molecule is C[C@@H]1CCCC[C@@H]1N1C(=O)C(=O)N(CC(=O)Nc2ccccc2Cl)C1=O. The molecule has 1 aliphatic heterocycles. The fraction of sp³-hybridized carbons (Fsp3) is 0.444. The average Bonchev–Trinajstić information content (AvgIpc) is 2.81. The number of urea groups is 1. The van der Waals surface area contributed by atoms with Crippen LogP contribution in [0.25, 0.3) is 0 Å². The van der Waals surface area contributed by atoms with Crippen molar-refractivity contribution in [3.8, 4) is 0 Å². The number of rotatable bonds is 4. The normalized spacial score (nSPS) is 23.5. The van der Waals surface area contributed by atoms with Crippen molar-refractivity contribution in [3.63, 3.8) is 0 Å². The van der Waals surface area contributed by atoms with Gasteiger partial charge in [0, 0.05) is 6.04 Å². The highest BCUT2D eigenvalue weighted by molar-refractivity contribution is 6.45. The summed E-state index contributed by atoms with van der Waals surface area (Å²) in [6, 6.07) is 5.63. The topological polar surface area (TPSA) is 86.8 Å². The van der Waals surface area contributed by atoms with Gasteiger partial charge >= 0.3 is 17.8 Å². The van der Waals surface area contributed by atoms with Crippen molar-refractivity contribution < 1.29 is 19.2 Å². The molecule has 138 valence electrons. The molecule has 0 unspecified atom stereocenters. The second-order valence-corrected chi connectivity index (χ2v) is 7.11. The Morgan fingerprint density at radius 1 is 1.15 bits per heavy atom. The van der Waals surface area contributed by atoms with E-state index in [1.807, 2.05) is 6.92 Å². The number of nitrogens with one attached hydrogen (secondary N) is 1. The molecule has 1 N–H and O–H groups in total. The Hall–Kier alpha value is -2.41. The summed E-state index contributed by atoms with van der Waals surface area (Å²) in [4.78, 5) is 51.2. The molecule has 8 heteroatoms. The lowest BCUT2D eigenvalue weighted by atomic mass is 9.85. The molecule has 2 aliphatic rings. The molecule has 3 rings (SSSR count). The van der Waals surface area contributed by atoms with Gasteiger partial charge in [-0.05, 0) is 30.9 Å². The number of carbonyl (C=O) groups excluding carboxylic acids is 4. The van der Waals surface area contributed by atoms with Crippen LogP contribution in [0.1, 0.15) is 32.6 Å². The van der Waals surface area contributed by atoms with Crippen molar-refractivity contribution in [2.75, 3.05) is 11.9 Å². The number of para-hydroxylation sites is 1. The van der Waals surface area contributed by atoms with E-state index in [2.05, 4.69) is 5.32 Å². The van der Waals surface area contributed by atoms with Gasteiger partial charge in [-0.15, -0.1) is 0 Å². The fourth-order valence-electron chi connectivity index (χ4n) is 3.53. The van der Waals surface area contributed by atoms with Crippen molar-refractivity contribution >= 4 is 41.0 Å². The molecule has 0 radical (unpaired) electrons. The second kappa shape index (κ2) is 7.45. The van der Waals surface area contributed by atoms with Gasteiger partial charge in [0.05, 0.1) is 10.7 Å². The highest BCUT2D eigenvalue weighted by Gasteiger charge is 2.49. The van der Waals surface area contributed by atoms with E-state index >= 15 is 0 Å². The Bertz CT molecular complexity index is 767. The van der Waals surface area contributed by atoms with Gasteiger partial charge in [-0.1, -0.05) is 43.5 Å². The van der Waals surface area contributed by atoms with E-state index in [0.717, 1.165) is 24.2 Å². The number of hydrogen-bond donors (Lipinski definition) is 1. The maximum Gasteiger partial charge on any atom is 0.334 e. The Labute approximate surface area is 156 Å². The zero-order chi connectivity index (χ0) is 18.8. The van der Waals surface area contributed by atoms with Crippen molar-refractivity contribution in [2.24, 2.45) is 5.92 Å². The van der Waals surface area contributed by atoms with Gasteiger partial charge in [-0.3, -0.25) is 19.3 Å². The summed E-state index contributed by atoms with van der Waals surface area (Å²) in [6.45, 7) is 1.45. The van der Waals surface area contributed by atoms with Crippen LogP contribution in [0.5, 0.6) is 0 Å². The van der Waals surface area contributed by atoms with E-state index in [1.54, 1.807) is 24.3 Å². The quantitative estimate of drug-likeness (QED) is 0.645. The van der Waals surface area contributed by atoms with Crippen LogP contribution >= 0.6 is 11.6 Å². The van der Waals surface area contributed by atoms with E-state index < -0.39 is 30.3 Å². The zero-order valence-electron chi connectivity index (χ0n) is 14.4. The molecule has 2 fully saturated rings. The van der Waals surface area contributed by atoms with Gasteiger partial charge in [-0.2, -0.15) is 0 Å². The van der Waals surface area contributed by atoms with Crippen LogP contribution in [0.4, 0.5) is 10.5 Å². The third-order valence-electron chi connectivity index (χ3n) is 4.93. The van der Waals surface area contributed by atoms with Crippen LogP contribution in [-0.2, 0) is 14.4 Å². The Kier molecular flexibility index (Phi) is 5.27. The van der Waals surface area contributed by atoms with Gasteiger partial charge in [0.25, 0.3) is 0 Å². The third-order valence-corrected chi connectivity index (χ3v) is 5.26. The lowest BCUT2D eigenvalue weighted by molar-refractivity contribution is -0.145. The van der Waals surface area contributed by atoms with Gasteiger partial charge in [0.1, 0.15) is 6.54 Å². The van der Waals surface area contributed by atoms with E-state index in [-0.39, 0.29) is 12.0 Å². The van der Waals surface area contributed by atoms with Crippen LogP contribution in [0.2, 0.25) is 5.02 Å². The smallest absolute Gasteiger partial charge is 0.323 e. The molecule has 7 nitrogen and oxygen atoms in total. The zero-order valence-corrected chi connectivity index (χ0v) is 15.2. The molecular weight excluding hydrogens is 358 g/mol. The summed E-state index contributed by atoms with van der Waals surface area (Å²) in [7, 11) is 0. The molecule has 1 heterocycles. The first kappa shape index (κ1) is 18.4. The maximum atomic E-state index is 12.6. The van der Waals surface area contributed by atoms with Gasteiger partial charge < -0.3 is 5.32 Å². The summed E-state index contributed by atoms with van der Waals surface area (Å²) in [5, 5.41) is 2.89. The molecule has 1 aliphatic carbocycles. The number of halogens is 1. The molecule has 0 spiro atoms. The van der Waals surface area contributed by atoms with Crippen LogP contribution < -0.4 is 5.32 Å². The Balaban J connectivity index is 1.71. The highest BCUT2D eigenvalue weighted by atomic mass is 35.5. The first-order chi connectivity index (χ1) is 12.4. The number of nitrogens with zero attached hydrogens (tertiary/aromatic N) is 2. The number of amides is 5. The van der Waals surface area contributed by atoms with Gasteiger partial charge in [0.2, 0.25) is 5.91 Å². The van der Waals surface area contributed by atoms with Crippen LogP contribution in [0.3, 0.4) is 0 Å². The molecule has 0 aromatic heterocycles. The minimum Gasteiger partial charge on any atom is -0.323 e. The van der Waals surface area contributed by atoms with Crippen molar-refractivity contribution in [2.45, 2.75) is 38.6 Å². The minimum atomic E-state index is -0.956. The lowest BCUT2D eigenvalue weighted by Crippen LogP contribution is -2.46. The molecule has 0 bridgehead atoms. The largest absolute Gasteiger partial charge is 0.334 e. The van der Waals surface area contributed by atoms with E-state index in [4.69, 9.17) is 11.6 Å². The van der Waals surface area contributed by atoms with Gasteiger partial charge in [0.15, 0.2) is 0 Å². The highest BCUT2D eigenvalue weighted by Crippen LogP contribution is 2.31. The lowest BCUT2D eigenvalue weighted by Gasteiger charge is -2.34. The average molecular weight is 378 g/mol. The van der Waals surface area contributed by atoms with E-state index in [0.29, 0.717) is 22.0 Å². The van der Waals surface area contributed by atoms with Gasteiger partial charge in [-0.25, -0.2) is 9.69 Å². The Morgan fingerprint density at radius 3 is 2.54 bits per heavy atom. The molecular formula is C18H20ClN3O4.